The Hall–Kier alpha value is -2.08. The molecule has 0 aliphatic heterocycles. The lowest BCUT2D eigenvalue weighted by molar-refractivity contribution is -0.197. The zero-order valence-corrected chi connectivity index (χ0v) is 14.0. The third kappa shape index (κ3) is 6.74. The van der Waals surface area contributed by atoms with Crippen LogP contribution in [0.3, 0.4) is 0 Å². The Kier molecular flexibility index (Phi) is 6.60. The van der Waals surface area contributed by atoms with Gasteiger partial charge in [0.2, 0.25) is 6.10 Å². The first-order valence-electron chi connectivity index (χ1n) is 6.87. The van der Waals surface area contributed by atoms with E-state index in [4.69, 9.17) is 9.29 Å². The summed E-state index contributed by atoms with van der Waals surface area (Å²) in [5.74, 6) is -4.03. The van der Waals surface area contributed by atoms with E-state index < -0.39 is 40.1 Å². The Labute approximate surface area is 142 Å². The van der Waals surface area contributed by atoms with Crippen LogP contribution in [0, 0.1) is 0 Å². The molecule has 0 fully saturated rings. The van der Waals surface area contributed by atoms with Crippen LogP contribution in [0.2, 0.25) is 0 Å². The van der Waals surface area contributed by atoms with Crippen LogP contribution in [0.5, 0.6) is 5.75 Å². The van der Waals surface area contributed by atoms with Crippen molar-refractivity contribution >= 4 is 29.9 Å². The lowest BCUT2D eigenvalue weighted by atomic mass is 9.95. The van der Waals surface area contributed by atoms with E-state index in [0.717, 1.165) is 19.1 Å². The maximum Gasteiger partial charge on any atom is 0.426 e. The predicted molar refractivity (Wildman–Crippen MR) is 81.7 cm³/mol. The highest BCUT2D eigenvalue weighted by Gasteiger charge is 2.45. The summed E-state index contributed by atoms with van der Waals surface area (Å²) in [6.45, 7) is 1.11. The van der Waals surface area contributed by atoms with Crippen LogP contribution in [-0.2, 0) is 26.0 Å². The topological polar surface area (TPSA) is 107 Å². The van der Waals surface area contributed by atoms with Crippen LogP contribution in [0.25, 0.3) is 0 Å². The van der Waals surface area contributed by atoms with Crippen LogP contribution in [0.15, 0.2) is 18.2 Å². The highest BCUT2D eigenvalue weighted by Crippen LogP contribution is 2.26. The van der Waals surface area contributed by atoms with Gasteiger partial charge >= 0.3 is 18.1 Å². The van der Waals surface area contributed by atoms with Crippen LogP contribution >= 0.6 is 0 Å². The fourth-order valence-corrected chi connectivity index (χ4v) is 2.45. The minimum absolute atomic E-state index is 0.0252. The maximum atomic E-state index is 12.8. The third-order valence-corrected chi connectivity index (χ3v) is 3.64. The summed E-state index contributed by atoms with van der Waals surface area (Å²) in [7, 11) is -3.31. The largest absolute Gasteiger partial charge is 0.448 e. The van der Waals surface area contributed by atoms with Crippen molar-refractivity contribution in [1.82, 2.24) is 0 Å². The molecule has 1 aromatic carbocycles. The molecule has 138 valence electrons. The first-order valence-corrected chi connectivity index (χ1v) is 8.48. The summed E-state index contributed by atoms with van der Waals surface area (Å²) < 4.78 is 77.3. The van der Waals surface area contributed by atoms with Crippen molar-refractivity contribution in [3.63, 3.8) is 0 Å². The van der Waals surface area contributed by atoms with Gasteiger partial charge in [-0.25, -0.2) is 4.79 Å². The Bertz CT molecular complexity index is 761. The van der Waals surface area contributed by atoms with Gasteiger partial charge in [-0.1, -0.05) is 12.4 Å². The number of alkyl halides is 3. The lowest BCUT2D eigenvalue weighted by Crippen LogP contribution is -2.39. The smallest absolute Gasteiger partial charge is 0.426 e. The van der Waals surface area contributed by atoms with Crippen molar-refractivity contribution in [2.75, 3.05) is 5.75 Å². The van der Waals surface area contributed by atoms with E-state index in [1.165, 1.54) is 6.07 Å². The zero-order chi connectivity index (χ0) is 19.4. The number of carbonyl (C=O) groups is 2. The zero-order valence-electron chi connectivity index (χ0n) is 13.2. The summed E-state index contributed by atoms with van der Waals surface area (Å²) >= 11 is 0. The quantitative estimate of drug-likeness (QED) is 0.334. The van der Waals surface area contributed by atoms with Gasteiger partial charge in [-0.05, 0) is 17.7 Å². The van der Waals surface area contributed by atoms with E-state index in [-0.39, 0.29) is 11.3 Å². The summed E-state index contributed by atoms with van der Waals surface area (Å²) in [4.78, 5) is 22.9. The number of rotatable bonds is 6. The van der Waals surface area contributed by atoms with Gasteiger partial charge in [0.1, 0.15) is 19.3 Å². The number of hydrogen-bond acceptors (Lipinski definition) is 6. The standard InChI is InChI=1S/C13H14BF3O7S/c1-7(18)23-10-4-8(2-3-9(10)5-14)12(19)24-11(13(15,16)17)6-25(20,21)22/h2-4,11H,5-6,14H2,1H3,(H,20,21,22). The summed E-state index contributed by atoms with van der Waals surface area (Å²) in [6, 6.07) is 3.53. The maximum absolute atomic E-state index is 12.8. The van der Waals surface area contributed by atoms with E-state index in [0.29, 0.717) is 11.9 Å². The molecular weight excluding hydrogens is 368 g/mol. The summed E-state index contributed by atoms with van der Waals surface area (Å²) in [5, 5.41) is 0. The van der Waals surface area contributed by atoms with Gasteiger partial charge in [0.15, 0.2) is 0 Å². The molecule has 0 aliphatic carbocycles. The van der Waals surface area contributed by atoms with Gasteiger partial charge in [0.05, 0.1) is 5.56 Å². The molecule has 0 aliphatic rings. The van der Waals surface area contributed by atoms with E-state index >= 15 is 0 Å². The molecule has 25 heavy (non-hydrogen) atoms. The van der Waals surface area contributed by atoms with Crippen LogP contribution in [-0.4, -0.2) is 50.8 Å². The van der Waals surface area contributed by atoms with Crippen molar-refractivity contribution in [2.24, 2.45) is 0 Å². The highest BCUT2D eigenvalue weighted by atomic mass is 32.2. The van der Waals surface area contributed by atoms with Gasteiger partial charge in [-0.2, -0.15) is 21.6 Å². The molecular formula is C13H14BF3O7S. The second kappa shape index (κ2) is 7.87. The molecule has 1 N–H and O–H groups in total. The van der Waals surface area contributed by atoms with Crippen LogP contribution < -0.4 is 4.74 Å². The van der Waals surface area contributed by atoms with Gasteiger partial charge in [0, 0.05) is 6.92 Å². The fourth-order valence-electron chi connectivity index (χ4n) is 1.81. The monoisotopic (exact) mass is 382 g/mol. The van der Waals surface area contributed by atoms with E-state index in [1.807, 2.05) is 0 Å². The Morgan fingerprint density at radius 1 is 1.32 bits per heavy atom. The molecule has 0 aromatic heterocycles. The molecule has 0 saturated carbocycles. The average Bonchev–Trinajstić information content (AvgIpc) is 2.43. The van der Waals surface area contributed by atoms with Gasteiger partial charge in [-0.3, -0.25) is 9.35 Å². The molecule has 0 saturated heterocycles. The van der Waals surface area contributed by atoms with Crippen molar-refractivity contribution in [3.05, 3.63) is 29.3 Å². The molecule has 0 bridgehead atoms. The number of hydrogen-bond donors (Lipinski definition) is 1. The number of esters is 2. The second-order valence-electron chi connectivity index (χ2n) is 4.95. The predicted octanol–water partition coefficient (Wildman–Crippen LogP) is 0.721. The van der Waals surface area contributed by atoms with Crippen LogP contribution in [0.1, 0.15) is 22.8 Å². The molecule has 0 radical (unpaired) electrons. The average molecular weight is 382 g/mol. The Morgan fingerprint density at radius 3 is 2.36 bits per heavy atom. The molecule has 12 heteroatoms. The first kappa shape index (κ1) is 21.0. The van der Waals surface area contributed by atoms with Crippen molar-refractivity contribution in [2.45, 2.75) is 25.5 Å². The minimum atomic E-state index is -5.20. The van der Waals surface area contributed by atoms with Crippen molar-refractivity contribution in [3.8, 4) is 5.75 Å². The van der Waals surface area contributed by atoms with Crippen molar-refractivity contribution in [1.29, 1.82) is 0 Å². The minimum Gasteiger partial charge on any atom is -0.448 e. The van der Waals surface area contributed by atoms with Gasteiger partial charge in [0.25, 0.3) is 10.1 Å². The third-order valence-electron chi connectivity index (χ3n) is 2.91. The van der Waals surface area contributed by atoms with Gasteiger partial charge < -0.3 is 9.47 Å². The summed E-state index contributed by atoms with van der Waals surface area (Å²) in [6.07, 6.45) is -7.82. The number of benzene rings is 1. The highest BCUT2D eigenvalue weighted by molar-refractivity contribution is 7.85. The normalized spacial score (nSPS) is 13.2. The van der Waals surface area contributed by atoms with Crippen molar-refractivity contribution < 1.29 is 45.2 Å². The number of carbonyl (C=O) groups excluding carboxylic acids is 2. The Morgan fingerprint density at radius 2 is 1.92 bits per heavy atom. The van der Waals surface area contributed by atoms with E-state index in [1.54, 1.807) is 7.85 Å². The molecule has 1 atom stereocenters. The van der Waals surface area contributed by atoms with Crippen LogP contribution in [0.4, 0.5) is 13.2 Å². The Balaban J connectivity index is 3.10. The molecule has 1 aromatic rings. The summed E-state index contributed by atoms with van der Waals surface area (Å²) in [5.41, 5.74) is 0.148. The number of halogens is 3. The van der Waals surface area contributed by atoms with E-state index in [2.05, 4.69) is 4.74 Å². The molecule has 0 amide bonds. The SMILES string of the molecule is BCc1ccc(C(=O)OC(CS(=O)(=O)O)C(F)(F)F)cc1OC(C)=O. The molecule has 1 rings (SSSR count). The molecule has 0 heterocycles. The molecule has 1 unspecified atom stereocenters. The second-order valence-corrected chi connectivity index (χ2v) is 6.45. The molecule has 0 spiro atoms. The number of ether oxygens (including phenoxy) is 2. The van der Waals surface area contributed by atoms with Gasteiger partial charge in [-0.15, -0.1) is 0 Å². The lowest BCUT2D eigenvalue weighted by Gasteiger charge is -2.19. The first-order chi connectivity index (χ1) is 11.3. The fraction of sp³-hybridized carbons (Fsp3) is 0.385. The van der Waals surface area contributed by atoms with E-state index in [9.17, 15) is 31.2 Å². The molecule has 7 nitrogen and oxygen atoms in total.